The summed E-state index contributed by atoms with van der Waals surface area (Å²) in [6.45, 7) is 3.76. The Bertz CT molecular complexity index is 652. The zero-order valence-electron chi connectivity index (χ0n) is 13.6. The molecule has 1 aliphatic rings. The zero-order chi connectivity index (χ0) is 16.8. The van der Waals surface area contributed by atoms with Crippen LogP contribution >= 0.6 is 11.3 Å². The molecule has 1 saturated heterocycles. The van der Waals surface area contributed by atoms with Gasteiger partial charge < -0.3 is 11.1 Å². The van der Waals surface area contributed by atoms with Gasteiger partial charge in [0.2, 0.25) is 5.91 Å². The fourth-order valence-electron chi connectivity index (χ4n) is 3.12. The van der Waals surface area contributed by atoms with Crippen LogP contribution in [0.15, 0.2) is 30.2 Å². The van der Waals surface area contributed by atoms with E-state index in [0.717, 1.165) is 43.0 Å². The number of nitrogens with zero attached hydrogens (tertiary/aromatic N) is 3. The van der Waals surface area contributed by atoms with Crippen LogP contribution in [-0.4, -0.2) is 39.9 Å². The molecule has 0 bridgehead atoms. The van der Waals surface area contributed by atoms with Crippen molar-refractivity contribution >= 4 is 17.2 Å². The third-order valence-electron chi connectivity index (χ3n) is 4.36. The second kappa shape index (κ2) is 8.32. The predicted molar refractivity (Wildman–Crippen MR) is 94.6 cm³/mol. The number of amides is 1. The molecule has 3 heterocycles. The van der Waals surface area contributed by atoms with Crippen LogP contribution in [0.1, 0.15) is 40.1 Å². The number of primary amides is 1. The van der Waals surface area contributed by atoms with Crippen molar-refractivity contribution < 1.29 is 4.79 Å². The largest absolute Gasteiger partial charge is 0.366 e. The van der Waals surface area contributed by atoms with E-state index in [1.807, 2.05) is 23.8 Å². The molecule has 1 unspecified atom stereocenters. The van der Waals surface area contributed by atoms with Crippen LogP contribution < -0.4 is 11.1 Å². The first-order valence-corrected chi connectivity index (χ1v) is 9.16. The lowest BCUT2D eigenvalue weighted by molar-refractivity contribution is 0.100. The number of carbonyl (C=O) groups is 1. The number of rotatable bonds is 6. The number of thiophene rings is 1. The molecule has 0 aromatic carbocycles. The summed E-state index contributed by atoms with van der Waals surface area (Å²) in [5.41, 5.74) is 7.08. The first kappa shape index (κ1) is 17.0. The number of nitrogens with one attached hydrogen (secondary N) is 1. The van der Waals surface area contributed by atoms with E-state index in [1.165, 1.54) is 12.8 Å². The van der Waals surface area contributed by atoms with Gasteiger partial charge in [0.05, 0.1) is 5.56 Å². The molecule has 7 heteroatoms. The lowest BCUT2D eigenvalue weighted by Gasteiger charge is -2.30. The van der Waals surface area contributed by atoms with Crippen molar-refractivity contribution in [1.82, 2.24) is 20.2 Å². The lowest BCUT2D eigenvalue weighted by Crippen LogP contribution is -2.35. The molecule has 1 aliphatic heterocycles. The molecule has 1 fully saturated rings. The Balaban J connectivity index is 1.76. The van der Waals surface area contributed by atoms with Gasteiger partial charge in [-0.2, -0.15) is 0 Å². The summed E-state index contributed by atoms with van der Waals surface area (Å²) in [6.07, 6.45) is 8.79. The highest BCUT2D eigenvalue weighted by molar-refractivity contribution is 7.10. The summed E-state index contributed by atoms with van der Waals surface area (Å²) < 4.78 is 0. The average molecular weight is 345 g/mol. The Kier molecular flexibility index (Phi) is 5.90. The summed E-state index contributed by atoms with van der Waals surface area (Å²) in [5.74, 6) is -0.362. The highest BCUT2D eigenvalue weighted by atomic mass is 32.1. The summed E-state index contributed by atoms with van der Waals surface area (Å²) in [7, 11) is 0. The Morgan fingerprint density at radius 1 is 1.29 bits per heavy atom. The zero-order valence-corrected chi connectivity index (χ0v) is 14.5. The van der Waals surface area contributed by atoms with Gasteiger partial charge in [-0.05, 0) is 38.4 Å². The van der Waals surface area contributed by atoms with Crippen LogP contribution in [-0.2, 0) is 13.1 Å². The fraction of sp³-hybridized carbons (Fsp3) is 0.471. The molecule has 2 aromatic heterocycles. The molecule has 3 N–H and O–H groups in total. The van der Waals surface area contributed by atoms with Gasteiger partial charge in [-0.15, -0.1) is 11.3 Å². The number of hydrogen-bond donors (Lipinski definition) is 2. The van der Waals surface area contributed by atoms with Gasteiger partial charge in [-0.25, -0.2) is 9.97 Å². The van der Waals surface area contributed by atoms with Crippen molar-refractivity contribution in [3.8, 4) is 0 Å². The van der Waals surface area contributed by atoms with Gasteiger partial charge in [0.15, 0.2) is 0 Å². The molecule has 128 valence electrons. The lowest BCUT2D eigenvalue weighted by atomic mass is 10.1. The second-order valence-electron chi connectivity index (χ2n) is 6.15. The molecule has 3 rings (SSSR count). The summed E-state index contributed by atoms with van der Waals surface area (Å²) in [6, 6.07) is 2.43. The molecule has 0 radical (unpaired) electrons. The molecule has 0 saturated carbocycles. The molecule has 6 nitrogen and oxygen atoms in total. The Hall–Kier alpha value is -1.83. The highest BCUT2D eigenvalue weighted by Gasteiger charge is 2.21. The Morgan fingerprint density at radius 3 is 2.88 bits per heavy atom. The number of nitrogens with two attached hydrogens (primary N) is 1. The van der Waals surface area contributed by atoms with Gasteiger partial charge in [0, 0.05) is 47.3 Å². The van der Waals surface area contributed by atoms with E-state index in [1.54, 1.807) is 17.7 Å². The van der Waals surface area contributed by atoms with Crippen LogP contribution in [0.2, 0.25) is 0 Å². The smallest absolute Gasteiger partial charge is 0.249 e. The van der Waals surface area contributed by atoms with Crippen molar-refractivity contribution in [2.45, 2.75) is 38.4 Å². The minimum Gasteiger partial charge on any atom is -0.366 e. The van der Waals surface area contributed by atoms with E-state index < -0.39 is 0 Å². The van der Waals surface area contributed by atoms with E-state index >= 15 is 0 Å². The highest BCUT2D eigenvalue weighted by Crippen LogP contribution is 2.23. The molecule has 0 spiro atoms. The molecule has 2 aromatic rings. The molecule has 0 aliphatic carbocycles. The van der Waals surface area contributed by atoms with Gasteiger partial charge >= 0.3 is 0 Å². The van der Waals surface area contributed by atoms with Crippen molar-refractivity contribution in [1.29, 1.82) is 0 Å². The fourth-order valence-corrected chi connectivity index (χ4v) is 4.02. The topological polar surface area (TPSA) is 84.1 Å². The number of aromatic nitrogens is 2. The second-order valence-corrected chi connectivity index (χ2v) is 7.15. The summed E-state index contributed by atoms with van der Waals surface area (Å²) in [4.78, 5) is 23.2. The molecular formula is C17H23N5OS. The molecule has 1 atom stereocenters. The van der Waals surface area contributed by atoms with Gasteiger partial charge in [-0.3, -0.25) is 9.69 Å². The monoisotopic (exact) mass is 345 g/mol. The average Bonchev–Trinajstić information content (AvgIpc) is 2.89. The van der Waals surface area contributed by atoms with Crippen molar-refractivity contribution in [3.63, 3.8) is 0 Å². The third-order valence-corrected chi connectivity index (χ3v) is 5.28. The maximum absolute atomic E-state index is 11.3. The standard InChI is InChI=1S/C17H23N5OS/c18-17(23)14-6-16(24-11-14)10-22(9-13-7-20-12-21-8-13)15-2-1-4-19-5-3-15/h6-8,11-12,15,19H,1-5,9-10H2,(H2,18,23). The van der Waals surface area contributed by atoms with E-state index in [-0.39, 0.29) is 5.91 Å². The van der Waals surface area contributed by atoms with Crippen molar-refractivity contribution in [2.75, 3.05) is 13.1 Å². The van der Waals surface area contributed by atoms with Gasteiger partial charge in [-0.1, -0.05) is 0 Å². The summed E-state index contributed by atoms with van der Waals surface area (Å²) >= 11 is 1.60. The van der Waals surface area contributed by atoms with E-state index in [4.69, 9.17) is 5.73 Å². The molecule has 1 amide bonds. The number of carbonyl (C=O) groups excluding carboxylic acids is 1. The Morgan fingerprint density at radius 2 is 2.12 bits per heavy atom. The first-order valence-electron chi connectivity index (χ1n) is 8.28. The van der Waals surface area contributed by atoms with Crippen molar-refractivity contribution in [3.05, 3.63) is 46.2 Å². The minimum atomic E-state index is -0.362. The first-order chi connectivity index (χ1) is 11.7. The third kappa shape index (κ3) is 4.59. The SMILES string of the molecule is NC(=O)c1csc(CN(Cc2cncnc2)C2CCCNCC2)c1. The molecular weight excluding hydrogens is 322 g/mol. The van der Waals surface area contributed by atoms with E-state index in [0.29, 0.717) is 11.6 Å². The van der Waals surface area contributed by atoms with Crippen LogP contribution in [0.25, 0.3) is 0 Å². The van der Waals surface area contributed by atoms with Crippen LogP contribution in [0.5, 0.6) is 0 Å². The minimum absolute atomic E-state index is 0.362. The number of hydrogen-bond acceptors (Lipinski definition) is 6. The van der Waals surface area contributed by atoms with E-state index in [2.05, 4.69) is 20.2 Å². The van der Waals surface area contributed by atoms with E-state index in [9.17, 15) is 4.79 Å². The maximum atomic E-state index is 11.3. The normalized spacial score (nSPS) is 18.5. The van der Waals surface area contributed by atoms with Crippen LogP contribution in [0.4, 0.5) is 0 Å². The molecule has 24 heavy (non-hydrogen) atoms. The maximum Gasteiger partial charge on any atom is 0.249 e. The van der Waals surface area contributed by atoms with Crippen LogP contribution in [0.3, 0.4) is 0 Å². The van der Waals surface area contributed by atoms with Crippen molar-refractivity contribution in [2.24, 2.45) is 5.73 Å². The van der Waals surface area contributed by atoms with Crippen LogP contribution in [0, 0.1) is 0 Å². The summed E-state index contributed by atoms with van der Waals surface area (Å²) in [5, 5.41) is 5.31. The predicted octanol–water partition coefficient (Wildman–Crippen LogP) is 1.78. The van der Waals surface area contributed by atoms with Gasteiger partial charge in [0.1, 0.15) is 6.33 Å². The Labute approximate surface area is 146 Å². The quantitative estimate of drug-likeness (QED) is 0.834. The van der Waals surface area contributed by atoms with Gasteiger partial charge in [0.25, 0.3) is 0 Å².